The van der Waals surface area contributed by atoms with Crippen molar-refractivity contribution in [3.05, 3.63) is 20.9 Å². The van der Waals surface area contributed by atoms with Crippen molar-refractivity contribution in [2.24, 2.45) is 0 Å². The Kier molecular flexibility index (Phi) is 4.57. The summed E-state index contributed by atoms with van der Waals surface area (Å²) < 4.78 is 76.4. The van der Waals surface area contributed by atoms with Gasteiger partial charge in [-0.25, -0.2) is 4.98 Å². The van der Waals surface area contributed by atoms with E-state index in [1.165, 1.54) is 22.6 Å². The molecule has 0 aromatic carbocycles. The van der Waals surface area contributed by atoms with Crippen molar-refractivity contribution in [1.82, 2.24) is 4.98 Å². The van der Waals surface area contributed by atoms with Gasteiger partial charge in [-0.3, -0.25) is 0 Å². The van der Waals surface area contributed by atoms with E-state index in [-0.39, 0.29) is 9.13 Å². The summed E-state index contributed by atoms with van der Waals surface area (Å²) in [6.07, 6.45) is -10.0. The van der Waals surface area contributed by atoms with Crippen molar-refractivity contribution in [3.8, 4) is 5.88 Å². The highest BCUT2D eigenvalue weighted by Crippen LogP contribution is 2.36. The number of halogens is 8. The predicted octanol–water partition coefficient (Wildman–Crippen LogP) is 4.34. The first kappa shape index (κ1) is 15.6. The molecule has 0 fully saturated rings. The minimum Gasteiger partial charge on any atom is -0.388 e. The van der Waals surface area contributed by atoms with Crippen LogP contribution in [-0.4, -0.2) is 11.3 Å². The molecule has 0 aliphatic heterocycles. The first-order valence-corrected chi connectivity index (χ1v) is 5.74. The van der Waals surface area contributed by atoms with Crippen LogP contribution < -0.4 is 4.74 Å². The average molecular weight is 405 g/mol. The fourth-order valence-corrected chi connectivity index (χ4v) is 2.22. The molecule has 0 unspecified atom stereocenters. The number of hydrogen-bond acceptors (Lipinski definition) is 2. The molecule has 1 aromatic heterocycles. The largest absolute Gasteiger partial charge is 0.574 e. The molecule has 1 heterocycles. The first-order valence-electron chi connectivity index (χ1n) is 4.13. The lowest BCUT2D eigenvalue weighted by molar-refractivity contribution is -0.276. The van der Waals surface area contributed by atoms with Gasteiger partial charge in [0.15, 0.2) is 5.69 Å². The van der Waals surface area contributed by atoms with Crippen molar-refractivity contribution in [1.29, 1.82) is 0 Å². The molecule has 0 spiro atoms. The first-order chi connectivity index (χ1) is 8.04. The zero-order valence-electron chi connectivity index (χ0n) is 8.16. The van der Waals surface area contributed by atoms with Crippen molar-refractivity contribution in [3.63, 3.8) is 0 Å². The van der Waals surface area contributed by atoms with Crippen LogP contribution in [0.2, 0.25) is 0 Å². The van der Waals surface area contributed by atoms with Gasteiger partial charge in [-0.05, 0) is 28.2 Å². The highest BCUT2D eigenvalue weighted by atomic mass is 127. The van der Waals surface area contributed by atoms with Crippen LogP contribution in [0.3, 0.4) is 0 Å². The molecule has 0 saturated carbocycles. The number of alkyl halides is 7. The van der Waals surface area contributed by atoms with Crippen LogP contribution in [0.1, 0.15) is 11.3 Å². The van der Waals surface area contributed by atoms with E-state index < -0.39 is 30.0 Å². The monoisotopic (exact) mass is 405 g/mol. The molecule has 0 saturated heterocycles. The molecule has 0 N–H and O–H groups in total. The molecule has 2 nitrogen and oxygen atoms in total. The van der Waals surface area contributed by atoms with Gasteiger partial charge in [-0.15, -0.1) is 24.8 Å². The molecule has 0 aliphatic carbocycles. The summed E-state index contributed by atoms with van der Waals surface area (Å²) in [7, 11) is 0. The molecule has 102 valence electrons. The summed E-state index contributed by atoms with van der Waals surface area (Å²) in [5.41, 5.74) is -1.60. The van der Waals surface area contributed by atoms with E-state index in [0.717, 1.165) is 6.07 Å². The number of nitrogens with zero attached hydrogens (tertiary/aromatic N) is 1. The van der Waals surface area contributed by atoms with E-state index in [9.17, 15) is 26.3 Å². The Balaban J connectivity index is 3.31. The lowest BCUT2D eigenvalue weighted by Crippen LogP contribution is -2.20. The summed E-state index contributed by atoms with van der Waals surface area (Å²) in [5.74, 6) is -1.58. The molecule has 0 amide bonds. The third-order valence-electron chi connectivity index (χ3n) is 1.64. The lowest BCUT2D eigenvalue weighted by atomic mass is 10.2. The lowest BCUT2D eigenvalue weighted by Gasteiger charge is -2.14. The normalized spacial score (nSPS) is 12.7. The van der Waals surface area contributed by atoms with Gasteiger partial charge in [0.25, 0.3) is 0 Å². The van der Waals surface area contributed by atoms with Gasteiger partial charge in [0, 0.05) is 15.5 Å². The number of pyridine rings is 1. The second kappa shape index (κ2) is 5.27. The van der Waals surface area contributed by atoms with Crippen molar-refractivity contribution in [2.45, 2.75) is 18.4 Å². The minimum atomic E-state index is -5.12. The molecule has 0 aliphatic rings. The second-order valence-corrected chi connectivity index (χ2v) is 4.31. The molecule has 0 bridgehead atoms. The van der Waals surface area contributed by atoms with Crippen LogP contribution in [0.4, 0.5) is 26.3 Å². The van der Waals surface area contributed by atoms with Crippen molar-refractivity contribution < 1.29 is 31.1 Å². The topological polar surface area (TPSA) is 22.1 Å². The Morgan fingerprint density at radius 3 is 2.17 bits per heavy atom. The summed E-state index contributed by atoms with van der Waals surface area (Å²) in [5, 5.41) is 0. The SMILES string of the molecule is FC(F)(F)Oc1cc(CCl)c(I)c(C(F)(F)F)n1. The Hall–Kier alpha value is -0.450. The van der Waals surface area contributed by atoms with Gasteiger partial charge >= 0.3 is 12.5 Å². The van der Waals surface area contributed by atoms with Crippen LogP contribution in [-0.2, 0) is 12.1 Å². The fourth-order valence-electron chi connectivity index (χ4n) is 1.01. The molecule has 18 heavy (non-hydrogen) atoms. The highest BCUT2D eigenvalue weighted by Gasteiger charge is 2.38. The van der Waals surface area contributed by atoms with E-state index in [1.807, 2.05) is 0 Å². The third kappa shape index (κ3) is 4.04. The molecule has 1 aromatic rings. The third-order valence-corrected chi connectivity index (χ3v) is 3.13. The van der Waals surface area contributed by atoms with E-state index in [4.69, 9.17) is 11.6 Å². The highest BCUT2D eigenvalue weighted by molar-refractivity contribution is 14.1. The zero-order chi connectivity index (χ0) is 14.1. The van der Waals surface area contributed by atoms with Crippen molar-refractivity contribution in [2.75, 3.05) is 0 Å². The molecule has 1 rings (SSSR count). The van der Waals surface area contributed by atoms with Gasteiger partial charge in [0.2, 0.25) is 5.88 Å². The van der Waals surface area contributed by atoms with Gasteiger partial charge < -0.3 is 4.74 Å². The molecular formula is C8H3ClF6INO. The summed E-state index contributed by atoms with van der Waals surface area (Å²) in [4.78, 5) is 2.80. The molecule has 0 radical (unpaired) electrons. The second-order valence-electron chi connectivity index (χ2n) is 2.96. The zero-order valence-corrected chi connectivity index (χ0v) is 11.1. The van der Waals surface area contributed by atoms with E-state index in [1.54, 1.807) is 0 Å². The Morgan fingerprint density at radius 1 is 1.22 bits per heavy atom. The van der Waals surface area contributed by atoms with Crippen molar-refractivity contribution >= 4 is 34.2 Å². The molecule has 0 atom stereocenters. The molecule has 10 heteroatoms. The number of ether oxygens (including phenoxy) is 1. The van der Waals surface area contributed by atoms with Gasteiger partial charge in [-0.2, -0.15) is 13.2 Å². The minimum absolute atomic E-state index is 0.140. The maximum absolute atomic E-state index is 12.5. The molecular weight excluding hydrogens is 402 g/mol. The van der Waals surface area contributed by atoms with Crippen LogP contribution >= 0.6 is 34.2 Å². The quantitative estimate of drug-likeness (QED) is 0.415. The summed E-state index contributed by atoms with van der Waals surface area (Å²) in [6.45, 7) is 0. The number of aromatic nitrogens is 1. The van der Waals surface area contributed by atoms with Crippen LogP contribution in [0, 0.1) is 3.57 Å². The maximum atomic E-state index is 12.5. The summed E-state index contributed by atoms with van der Waals surface area (Å²) in [6, 6.07) is 0.720. The Labute approximate surface area is 115 Å². The smallest absolute Gasteiger partial charge is 0.388 e. The van der Waals surface area contributed by atoms with Gasteiger partial charge in [0.05, 0.1) is 0 Å². The predicted molar refractivity (Wildman–Crippen MR) is 58.2 cm³/mol. The van der Waals surface area contributed by atoms with E-state index >= 15 is 0 Å². The number of rotatable bonds is 2. The maximum Gasteiger partial charge on any atom is 0.574 e. The van der Waals surface area contributed by atoms with Crippen LogP contribution in [0.15, 0.2) is 6.07 Å². The Morgan fingerprint density at radius 2 is 1.78 bits per heavy atom. The Bertz CT molecular complexity index is 446. The fraction of sp³-hybridized carbons (Fsp3) is 0.375. The standard InChI is InChI=1S/C8H3ClF6INO/c9-2-3-1-4(18-8(13,14)15)17-6(5(3)16)7(10,11)12/h1H,2H2. The van der Waals surface area contributed by atoms with Gasteiger partial charge in [-0.1, -0.05) is 0 Å². The van der Waals surface area contributed by atoms with Gasteiger partial charge in [0.1, 0.15) is 0 Å². The van der Waals surface area contributed by atoms with Crippen LogP contribution in [0.25, 0.3) is 0 Å². The van der Waals surface area contributed by atoms with E-state index in [0.29, 0.717) is 0 Å². The summed E-state index contributed by atoms with van der Waals surface area (Å²) >= 11 is 6.68. The van der Waals surface area contributed by atoms with E-state index in [2.05, 4.69) is 9.72 Å². The van der Waals surface area contributed by atoms with Crippen LogP contribution in [0.5, 0.6) is 5.88 Å². The number of hydrogen-bond donors (Lipinski definition) is 0. The average Bonchev–Trinajstić information content (AvgIpc) is 2.16.